The van der Waals surface area contributed by atoms with Gasteiger partial charge in [-0.2, -0.15) is 0 Å². The lowest BCUT2D eigenvalue weighted by Crippen LogP contribution is -2.33. The van der Waals surface area contributed by atoms with Gasteiger partial charge in [-0.1, -0.05) is 41.9 Å². The van der Waals surface area contributed by atoms with Gasteiger partial charge in [0.25, 0.3) is 5.91 Å². The van der Waals surface area contributed by atoms with Gasteiger partial charge in [-0.15, -0.1) is 0 Å². The molecule has 4 nitrogen and oxygen atoms in total. The lowest BCUT2D eigenvalue weighted by molar-refractivity contribution is -0.118. The van der Waals surface area contributed by atoms with Crippen LogP contribution in [0.25, 0.3) is 6.08 Å². The van der Waals surface area contributed by atoms with Gasteiger partial charge in [0.05, 0.1) is 18.2 Å². The standard InChI is InChI=1S/C18H16ClNO3/c19-15-7-5-12(6-8-15)16(10-21)20-18(22)14-9-13-3-1-2-4-17(13)23-11-14/h1-9,16,21H,10-11H2,(H,20,22). The highest BCUT2D eigenvalue weighted by Crippen LogP contribution is 2.26. The number of carbonyl (C=O) groups is 1. The van der Waals surface area contributed by atoms with E-state index in [4.69, 9.17) is 16.3 Å². The number of hydrogen-bond acceptors (Lipinski definition) is 3. The highest BCUT2D eigenvalue weighted by molar-refractivity contribution is 6.30. The summed E-state index contributed by atoms with van der Waals surface area (Å²) in [5, 5.41) is 13.0. The maximum Gasteiger partial charge on any atom is 0.251 e. The second kappa shape index (κ2) is 6.86. The van der Waals surface area contributed by atoms with Crippen molar-refractivity contribution in [1.82, 2.24) is 5.32 Å². The smallest absolute Gasteiger partial charge is 0.251 e. The molecule has 2 aromatic rings. The van der Waals surface area contributed by atoms with Crippen LogP contribution < -0.4 is 10.1 Å². The molecular formula is C18H16ClNO3. The number of amides is 1. The number of benzene rings is 2. The Labute approximate surface area is 139 Å². The van der Waals surface area contributed by atoms with E-state index in [0.717, 1.165) is 16.9 Å². The molecule has 2 N–H and O–H groups in total. The molecule has 0 fully saturated rings. The Hall–Kier alpha value is -2.30. The van der Waals surface area contributed by atoms with Gasteiger partial charge in [0, 0.05) is 10.6 Å². The van der Waals surface area contributed by atoms with Crippen molar-refractivity contribution in [1.29, 1.82) is 0 Å². The predicted octanol–water partition coefficient (Wildman–Crippen LogP) is 2.97. The third-order valence-corrected chi connectivity index (χ3v) is 3.94. The van der Waals surface area contributed by atoms with Crippen LogP contribution in [0, 0.1) is 0 Å². The second-order valence-electron chi connectivity index (χ2n) is 5.26. The van der Waals surface area contributed by atoms with Gasteiger partial charge in [-0.25, -0.2) is 0 Å². The van der Waals surface area contributed by atoms with Crippen molar-refractivity contribution in [2.24, 2.45) is 0 Å². The van der Waals surface area contributed by atoms with Crippen molar-refractivity contribution >= 4 is 23.6 Å². The quantitative estimate of drug-likeness (QED) is 0.906. The molecule has 0 radical (unpaired) electrons. The monoisotopic (exact) mass is 329 g/mol. The number of rotatable bonds is 4. The van der Waals surface area contributed by atoms with Crippen LogP contribution >= 0.6 is 11.6 Å². The predicted molar refractivity (Wildman–Crippen MR) is 89.3 cm³/mol. The van der Waals surface area contributed by atoms with Crippen molar-refractivity contribution in [2.75, 3.05) is 13.2 Å². The van der Waals surface area contributed by atoms with Crippen LogP contribution in [0.2, 0.25) is 5.02 Å². The molecular weight excluding hydrogens is 314 g/mol. The van der Waals surface area contributed by atoms with Gasteiger partial charge in [-0.05, 0) is 29.8 Å². The highest BCUT2D eigenvalue weighted by atomic mass is 35.5. The van der Waals surface area contributed by atoms with Crippen molar-refractivity contribution in [3.05, 3.63) is 70.3 Å². The Morgan fingerprint density at radius 1 is 1.22 bits per heavy atom. The molecule has 0 spiro atoms. The fraction of sp³-hybridized carbons (Fsp3) is 0.167. The maximum atomic E-state index is 12.4. The molecule has 0 bridgehead atoms. The number of aliphatic hydroxyl groups excluding tert-OH is 1. The van der Waals surface area contributed by atoms with Crippen molar-refractivity contribution in [3.8, 4) is 5.75 Å². The topological polar surface area (TPSA) is 58.6 Å². The number of nitrogens with one attached hydrogen (secondary N) is 1. The number of carbonyl (C=O) groups excluding carboxylic acids is 1. The van der Waals surface area contributed by atoms with E-state index in [0.29, 0.717) is 10.6 Å². The Kier molecular flexibility index (Phi) is 4.65. The minimum Gasteiger partial charge on any atom is -0.488 e. The normalized spacial score (nSPS) is 14.3. The van der Waals surface area contributed by atoms with E-state index >= 15 is 0 Å². The van der Waals surface area contributed by atoms with Crippen LogP contribution in [0.1, 0.15) is 17.2 Å². The second-order valence-corrected chi connectivity index (χ2v) is 5.69. The molecule has 0 saturated carbocycles. The molecule has 1 amide bonds. The minimum absolute atomic E-state index is 0.196. The summed E-state index contributed by atoms with van der Waals surface area (Å²) in [6.45, 7) is 0.0136. The molecule has 1 heterocycles. The summed E-state index contributed by atoms with van der Waals surface area (Å²) in [5.41, 5.74) is 2.19. The van der Waals surface area contributed by atoms with Gasteiger partial charge in [-0.3, -0.25) is 4.79 Å². The SMILES string of the molecule is O=C(NC(CO)c1ccc(Cl)cc1)C1=Cc2ccccc2OC1. The van der Waals surface area contributed by atoms with Crippen LogP contribution in [-0.4, -0.2) is 24.2 Å². The van der Waals surface area contributed by atoms with E-state index in [1.807, 2.05) is 30.3 Å². The minimum atomic E-state index is -0.488. The summed E-state index contributed by atoms with van der Waals surface area (Å²) in [6, 6.07) is 14.1. The van der Waals surface area contributed by atoms with E-state index in [9.17, 15) is 9.90 Å². The summed E-state index contributed by atoms with van der Waals surface area (Å²) in [6.07, 6.45) is 1.81. The number of aliphatic hydroxyl groups is 1. The molecule has 0 saturated heterocycles. The molecule has 23 heavy (non-hydrogen) atoms. The third kappa shape index (κ3) is 3.55. The number of hydrogen-bond donors (Lipinski definition) is 2. The molecule has 2 aromatic carbocycles. The molecule has 0 aliphatic carbocycles. The van der Waals surface area contributed by atoms with Crippen molar-refractivity contribution in [2.45, 2.75) is 6.04 Å². The molecule has 1 unspecified atom stereocenters. The molecule has 1 atom stereocenters. The van der Waals surface area contributed by atoms with E-state index < -0.39 is 6.04 Å². The number of fused-ring (bicyclic) bond motifs is 1. The number of ether oxygens (including phenoxy) is 1. The number of para-hydroxylation sites is 1. The van der Waals surface area contributed by atoms with E-state index in [1.54, 1.807) is 24.3 Å². The van der Waals surface area contributed by atoms with Crippen LogP contribution in [-0.2, 0) is 4.79 Å². The molecule has 118 valence electrons. The van der Waals surface area contributed by atoms with Crippen LogP contribution in [0.3, 0.4) is 0 Å². The first-order valence-corrected chi connectivity index (χ1v) is 7.65. The van der Waals surface area contributed by atoms with Gasteiger partial charge in [0.15, 0.2) is 0 Å². The fourth-order valence-corrected chi connectivity index (χ4v) is 2.55. The van der Waals surface area contributed by atoms with Crippen molar-refractivity contribution < 1.29 is 14.6 Å². The van der Waals surface area contributed by atoms with E-state index in [1.165, 1.54) is 0 Å². The fourth-order valence-electron chi connectivity index (χ4n) is 2.43. The lowest BCUT2D eigenvalue weighted by atomic mass is 10.0. The Balaban J connectivity index is 1.76. The molecule has 5 heteroatoms. The molecule has 0 aromatic heterocycles. The van der Waals surface area contributed by atoms with Gasteiger partial charge < -0.3 is 15.2 Å². The van der Waals surface area contributed by atoms with Gasteiger partial charge >= 0.3 is 0 Å². The number of halogens is 1. The van der Waals surface area contributed by atoms with E-state index in [2.05, 4.69) is 5.32 Å². The van der Waals surface area contributed by atoms with Gasteiger partial charge in [0.2, 0.25) is 0 Å². The zero-order valence-electron chi connectivity index (χ0n) is 12.3. The summed E-state index contributed by atoms with van der Waals surface area (Å²) < 4.78 is 5.58. The van der Waals surface area contributed by atoms with Crippen LogP contribution in [0.4, 0.5) is 0 Å². The van der Waals surface area contributed by atoms with Gasteiger partial charge in [0.1, 0.15) is 12.4 Å². The first-order valence-electron chi connectivity index (χ1n) is 7.27. The first-order chi connectivity index (χ1) is 11.2. The van der Waals surface area contributed by atoms with Crippen LogP contribution in [0.5, 0.6) is 5.75 Å². The van der Waals surface area contributed by atoms with E-state index in [-0.39, 0.29) is 19.1 Å². The Morgan fingerprint density at radius 2 is 1.96 bits per heavy atom. The summed E-state index contributed by atoms with van der Waals surface area (Å²) >= 11 is 5.86. The highest BCUT2D eigenvalue weighted by Gasteiger charge is 2.20. The molecule has 3 rings (SSSR count). The zero-order chi connectivity index (χ0) is 16.2. The largest absolute Gasteiger partial charge is 0.488 e. The first kappa shape index (κ1) is 15.6. The zero-order valence-corrected chi connectivity index (χ0v) is 13.1. The molecule has 1 aliphatic heterocycles. The molecule has 1 aliphatic rings. The average Bonchev–Trinajstić information content (AvgIpc) is 2.60. The third-order valence-electron chi connectivity index (χ3n) is 3.68. The summed E-state index contributed by atoms with van der Waals surface area (Å²) in [7, 11) is 0. The summed E-state index contributed by atoms with van der Waals surface area (Å²) in [4.78, 5) is 12.4. The van der Waals surface area contributed by atoms with Crippen molar-refractivity contribution in [3.63, 3.8) is 0 Å². The summed E-state index contributed by atoms with van der Waals surface area (Å²) in [5.74, 6) is 0.508. The van der Waals surface area contributed by atoms with Crippen LogP contribution in [0.15, 0.2) is 54.1 Å². The lowest BCUT2D eigenvalue weighted by Gasteiger charge is -2.21. The maximum absolute atomic E-state index is 12.4. The Bertz CT molecular complexity index is 740. The Morgan fingerprint density at radius 3 is 2.70 bits per heavy atom. The average molecular weight is 330 g/mol.